The van der Waals surface area contributed by atoms with Gasteiger partial charge in [-0.1, -0.05) is 54.6 Å². The van der Waals surface area contributed by atoms with Gasteiger partial charge in [0, 0.05) is 6.54 Å². The van der Waals surface area contributed by atoms with E-state index in [1.807, 2.05) is 49.6 Å². The Labute approximate surface area is 91.8 Å². The summed E-state index contributed by atoms with van der Waals surface area (Å²) in [6.07, 6.45) is 7.78. The molecule has 78 valence electrons. The second kappa shape index (κ2) is 6.66. The molecular formula is C14H17N. The third kappa shape index (κ3) is 4.87. The van der Waals surface area contributed by atoms with E-state index < -0.39 is 0 Å². The van der Waals surface area contributed by atoms with Gasteiger partial charge in [0.2, 0.25) is 0 Å². The molecule has 0 radical (unpaired) electrons. The van der Waals surface area contributed by atoms with Crippen molar-refractivity contribution in [2.45, 2.75) is 13.5 Å². The molecule has 1 aromatic rings. The van der Waals surface area contributed by atoms with Crippen LogP contribution in [-0.2, 0) is 6.54 Å². The van der Waals surface area contributed by atoms with Crippen LogP contribution in [0.25, 0.3) is 0 Å². The normalized spacial score (nSPS) is 11.7. The molecule has 0 fully saturated rings. The largest absolute Gasteiger partial charge is 0.387 e. The Kier molecular flexibility index (Phi) is 5.02. The topological polar surface area (TPSA) is 12.0 Å². The van der Waals surface area contributed by atoms with Gasteiger partial charge in [-0.25, -0.2) is 0 Å². The molecule has 0 saturated heterocycles. The Balaban J connectivity index is 2.31. The van der Waals surface area contributed by atoms with E-state index >= 15 is 0 Å². The number of hydrogen-bond acceptors (Lipinski definition) is 1. The van der Waals surface area contributed by atoms with Crippen LogP contribution in [0.1, 0.15) is 12.5 Å². The van der Waals surface area contributed by atoms with E-state index in [9.17, 15) is 0 Å². The van der Waals surface area contributed by atoms with E-state index in [-0.39, 0.29) is 0 Å². The summed E-state index contributed by atoms with van der Waals surface area (Å²) in [5, 5.41) is 3.22. The zero-order chi connectivity index (χ0) is 10.9. The molecule has 0 spiro atoms. The van der Waals surface area contributed by atoms with Gasteiger partial charge in [-0.3, -0.25) is 0 Å². The van der Waals surface area contributed by atoms with Gasteiger partial charge in [0.25, 0.3) is 0 Å². The minimum atomic E-state index is 0.859. The molecule has 0 saturated carbocycles. The molecule has 1 nitrogen and oxygen atoms in total. The molecule has 15 heavy (non-hydrogen) atoms. The fourth-order valence-corrected chi connectivity index (χ4v) is 1.11. The summed E-state index contributed by atoms with van der Waals surface area (Å²) in [5.74, 6) is 0. The van der Waals surface area contributed by atoms with Crippen LogP contribution in [0.4, 0.5) is 0 Å². The van der Waals surface area contributed by atoms with E-state index in [0.29, 0.717) is 0 Å². The summed E-state index contributed by atoms with van der Waals surface area (Å²) < 4.78 is 0. The molecule has 0 aliphatic carbocycles. The van der Waals surface area contributed by atoms with Gasteiger partial charge in [0.15, 0.2) is 0 Å². The van der Waals surface area contributed by atoms with Crippen molar-refractivity contribution >= 4 is 0 Å². The monoisotopic (exact) mass is 199 g/mol. The van der Waals surface area contributed by atoms with Crippen LogP contribution in [0.2, 0.25) is 0 Å². The standard InChI is InChI=1S/C14H17N/c1-3-13(2)8-7-11-15-12-14-9-5-4-6-10-14/h3-11,15H,1,12H2,2H3/b11-7-,13-8-. The quantitative estimate of drug-likeness (QED) is 0.716. The van der Waals surface area contributed by atoms with Gasteiger partial charge in [-0.05, 0) is 24.8 Å². The smallest absolute Gasteiger partial charge is 0.0395 e. The molecule has 0 amide bonds. The lowest BCUT2D eigenvalue weighted by atomic mass is 10.2. The predicted molar refractivity (Wildman–Crippen MR) is 66.4 cm³/mol. The molecule has 1 aromatic carbocycles. The van der Waals surface area contributed by atoms with Crippen LogP contribution < -0.4 is 5.32 Å². The zero-order valence-corrected chi connectivity index (χ0v) is 9.11. The number of rotatable bonds is 5. The second-order valence-electron chi connectivity index (χ2n) is 3.34. The average Bonchev–Trinajstić information content (AvgIpc) is 2.29. The first kappa shape index (κ1) is 11.3. The number of hydrogen-bond donors (Lipinski definition) is 1. The highest BCUT2D eigenvalue weighted by Gasteiger charge is 1.85. The van der Waals surface area contributed by atoms with Crippen molar-refractivity contribution in [3.63, 3.8) is 0 Å². The zero-order valence-electron chi connectivity index (χ0n) is 9.11. The van der Waals surface area contributed by atoms with Crippen LogP contribution in [0.3, 0.4) is 0 Å². The van der Waals surface area contributed by atoms with Gasteiger partial charge in [0.1, 0.15) is 0 Å². The summed E-state index contributed by atoms with van der Waals surface area (Å²) in [6.45, 7) is 6.57. The number of allylic oxidation sites excluding steroid dienone is 4. The van der Waals surface area contributed by atoms with Crippen molar-refractivity contribution in [2.24, 2.45) is 0 Å². The van der Waals surface area contributed by atoms with Gasteiger partial charge in [0.05, 0.1) is 0 Å². The molecule has 0 bridgehead atoms. The Morgan fingerprint density at radius 2 is 2.07 bits per heavy atom. The first-order chi connectivity index (χ1) is 7.33. The van der Waals surface area contributed by atoms with E-state index in [4.69, 9.17) is 0 Å². The van der Waals surface area contributed by atoms with Gasteiger partial charge in [-0.2, -0.15) is 0 Å². The second-order valence-corrected chi connectivity index (χ2v) is 3.34. The summed E-state index contributed by atoms with van der Waals surface area (Å²) >= 11 is 0. The third-order valence-corrected chi connectivity index (χ3v) is 2.04. The van der Waals surface area contributed by atoms with Crippen molar-refractivity contribution in [2.75, 3.05) is 0 Å². The molecule has 0 heterocycles. The number of nitrogens with one attached hydrogen (secondary N) is 1. The Morgan fingerprint density at radius 1 is 1.33 bits per heavy atom. The van der Waals surface area contributed by atoms with E-state index in [0.717, 1.165) is 12.1 Å². The van der Waals surface area contributed by atoms with Crippen LogP contribution in [0.15, 0.2) is 66.9 Å². The Morgan fingerprint density at radius 3 is 2.73 bits per heavy atom. The third-order valence-electron chi connectivity index (χ3n) is 2.04. The fraction of sp³-hybridized carbons (Fsp3) is 0.143. The maximum absolute atomic E-state index is 3.68. The minimum Gasteiger partial charge on any atom is -0.387 e. The first-order valence-electron chi connectivity index (χ1n) is 5.06. The van der Waals surface area contributed by atoms with E-state index in [2.05, 4.69) is 24.0 Å². The molecule has 1 N–H and O–H groups in total. The van der Waals surface area contributed by atoms with Gasteiger partial charge >= 0.3 is 0 Å². The Hall–Kier alpha value is -1.76. The lowest BCUT2D eigenvalue weighted by Crippen LogP contribution is -2.03. The van der Waals surface area contributed by atoms with Crippen LogP contribution in [0, 0.1) is 0 Å². The highest BCUT2D eigenvalue weighted by molar-refractivity contribution is 5.19. The first-order valence-corrected chi connectivity index (χ1v) is 5.06. The van der Waals surface area contributed by atoms with Crippen molar-refractivity contribution in [3.8, 4) is 0 Å². The molecule has 1 rings (SSSR count). The van der Waals surface area contributed by atoms with Gasteiger partial charge in [-0.15, -0.1) is 0 Å². The highest BCUT2D eigenvalue weighted by atomic mass is 14.8. The van der Waals surface area contributed by atoms with Crippen LogP contribution in [0.5, 0.6) is 0 Å². The molecular weight excluding hydrogens is 182 g/mol. The summed E-state index contributed by atoms with van der Waals surface area (Å²) in [5.41, 5.74) is 2.44. The van der Waals surface area contributed by atoms with Crippen molar-refractivity contribution in [3.05, 3.63) is 72.5 Å². The SMILES string of the molecule is C=C/C(C)=C\C=C/NCc1ccccc1. The Bertz CT molecular complexity index is 347. The maximum Gasteiger partial charge on any atom is 0.0395 e. The molecule has 0 aromatic heterocycles. The molecule has 0 aliphatic heterocycles. The van der Waals surface area contributed by atoms with E-state index in [1.54, 1.807) is 0 Å². The van der Waals surface area contributed by atoms with E-state index in [1.165, 1.54) is 5.56 Å². The summed E-state index contributed by atoms with van der Waals surface area (Å²) in [7, 11) is 0. The lowest BCUT2D eigenvalue weighted by molar-refractivity contribution is 0.870. The summed E-state index contributed by atoms with van der Waals surface area (Å²) in [6, 6.07) is 10.3. The molecule has 0 unspecified atom stereocenters. The summed E-state index contributed by atoms with van der Waals surface area (Å²) in [4.78, 5) is 0. The average molecular weight is 199 g/mol. The van der Waals surface area contributed by atoms with Crippen LogP contribution >= 0.6 is 0 Å². The highest BCUT2D eigenvalue weighted by Crippen LogP contribution is 1.97. The maximum atomic E-state index is 3.68. The fourth-order valence-electron chi connectivity index (χ4n) is 1.11. The molecule has 0 atom stereocenters. The van der Waals surface area contributed by atoms with Crippen molar-refractivity contribution in [1.82, 2.24) is 5.32 Å². The van der Waals surface area contributed by atoms with Crippen LogP contribution in [-0.4, -0.2) is 0 Å². The lowest BCUT2D eigenvalue weighted by Gasteiger charge is -1.99. The molecule has 0 aliphatic rings. The van der Waals surface area contributed by atoms with Gasteiger partial charge < -0.3 is 5.32 Å². The van der Waals surface area contributed by atoms with Crippen molar-refractivity contribution < 1.29 is 0 Å². The predicted octanol–water partition coefficient (Wildman–Crippen LogP) is 3.42. The molecule has 1 heteroatoms. The minimum absolute atomic E-state index is 0.859. The van der Waals surface area contributed by atoms with Crippen molar-refractivity contribution in [1.29, 1.82) is 0 Å². The number of benzene rings is 1.